The number of benzene rings is 3. The molecule has 1 N–H and O–H groups in total. The molecule has 0 heterocycles. The number of hydrogen-bond donors (Lipinski definition) is 1. The van der Waals surface area contributed by atoms with E-state index >= 15 is 0 Å². The average molecular weight is 624 g/mol. The molecule has 0 aliphatic rings. The van der Waals surface area contributed by atoms with E-state index in [4.69, 9.17) is 27.9 Å². The number of nitro groups is 1. The van der Waals surface area contributed by atoms with Crippen LogP contribution in [0.4, 0.5) is 11.4 Å². The standard InChI is InChI=1S/C27H28Cl2N4O7S/c1-30-27(35)24(14-18-7-5-4-6-8-18)31(16-19-9-11-21(28)22(29)13-19)26(34)17-32(41(3,38)39)23-15-20(33(36)37)10-12-25(23)40-2/h4-13,15,24H,14,16-17H2,1-3H3,(H,30,35). The molecule has 1 atom stereocenters. The normalized spacial score (nSPS) is 11.8. The van der Waals surface area contributed by atoms with Crippen LogP contribution in [0.2, 0.25) is 10.0 Å². The molecule has 14 heteroatoms. The van der Waals surface area contributed by atoms with Gasteiger partial charge in [-0.1, -0.05) is 59.6 Å². The monoisotopic (exact) mass is 622 g/mol. The van der Waals surface area contributed by atoms with Crippen molar-refractivity contribution in [1.29, 1.82) is 0 Å². The number of carbonyl (C=O) groups excluding carboxylic acids is 2. The number of non-ortho nitro benzene ring substituents is 1. The van der Waals surface area contributed by atoms with Gasteiger partial charge in [0.25, 0.3) is 5.69 Å². The largest absolute Gasteiger partial charge is 0.495 e. The van der Waals surface area contributed by atoms with E-state index in [1.165, 1.54) is 25.1 Å². The minimum absolute atomic E-state index is 0.00278. The summed E-state index contributed by atoms with van der Waals surface area (Å²) in [6.07, 6.45) is 0.981. The van der Waals surface area contributed by atoms with Crippen molar-refractivity contribution in [2.24, 2.45) is 0 Å². The van der Waals surface area contributed by atoms with Crippen molar-refractivity contribution in [2.45, 2.75) is 19.0 Å². The number of amides is 2. The highest BCUT2D eigenvalue weighted by Gasteiger charge is 2.34. The van der Waals surface area contributed by atoms with Gasteiger partial charge >= 0.3 is 0 Å². The van der Waals surface area contributed by atoms with E-state index in [0.717, 1.165) is 24.0 Å². The van der Waals surface area contributed by atoms with E-state index in [1.54, 1.807) is 42.5 Å². The number of carbonyl (C=O) groups is 2. The minimum Gasteiger partial charge on any atom is -0.495 e. The molecule has 0 radical (unpaired) electrons. The molecule has 218 valence electrons. The highest BCUT2D eigenvalue weighted by molar-refractivity contribution is 7.92. The maximum Gasteiger partial charge on any atom is 0.271 e. The fraction of sp³-hybridized carbons (Fsp3) is 0.259. The lowest BCUT2D eigenvalue weighted by molar-refractivity contribution is -0.384. The summed E-state index contributed by atoms with van der Waals surface area (Å²) in [5, 5.41) is 14.5. The predicted octanol–water partition coefficient (Wildman–Crippen LogP) is 4.06. The Labute approximate surface area is 247 Å². The lowest BCUT2D eigenvalue weighted by Gasteiger charge is -2.33. The van der Waals surface area contributed by atoms with Gasteiger partial charge < -0.3 is 15.0 Å². The second-order valence-corrected chi connectivity index (χ2v) is 11.7. The Morgan fingerprint density at radius 1 is 1.02 bits per heavy atom. The fourth-order valence-electron chi connectivity index (χ4n) is 4.14. The summed E-state index contributed by atoms with van der Waals surface area (Å²) in [5.74, 6) is -1.24. The van der Waals surface area contributed by atoms with Crippen LogP contribution in [0.3, 0.4) is 0 Å². The van der Waals surface area contributed by atoms with Crippen molar-refractivity contribution >= 4 is 56.4 Å². The third-order valence-electron chi connectivity index (χ3n) is 6.18. The topological polar surface area (TPSA) is 139 Å². The van der Waals surface area contributed by atoms with Crippen molar-refractivity contribution in [3.8, 4) is 5.75 Å². The van der Waals surface area contributed by atoms with Gasteiger partial charge in [0.05, 0.1) is 28.3 Å². The van der Waals surface area contributed by atoms with Crippen LogP contribution in [0.5, 0.6) is 5.75 Å². The number of nitrogens with one attached hydrogen (secondary N) is 1. The number of halogens is 2. The Morgan fingerprint density at radius 2 is 1.71 bits per heavy atom. The Morgan fingerprint density at radius 3 is 2.27 bits per heavy atom. The molecule has 2 amide bonds. The summed E-state index contributed by atoms with van der Waals surface area (Å²) in [6, 6.07) is 16.1. The second-order valence-electron chi connectivity index (χ2n) is 8.97. The summed E-state index contributed by atoms with van der Waals surface area (Å²) in [7, 11) is -1.47. The van der Waals surface area contributed by atoms with Gasteiger partial charge in [-0.05, 0) is 29.3 Å². The van der Waals surface area contributed by atoms with E-state index in [-0.39, 0.29) is 29.4 Å². The van der Waals surface area contributed by atoms with Crippen LogP contribution in [-0.4, -0.2) is 63.1 Å². The Balaban J connectivity index is 2.12. The number of nitro benzene ring substituents is 1. The van der Waals surface area contributed by atoms with E-state index in [0.29, 0.717) is 14.9 Å². The third-order valence-corrected chi connectivity index (χ3v) is 8.04. The maximum absolute atomic E-state index is 14.0. The van der Waals surface area contributed by atoms with Crippen molar-refractivity contribution < 1.29 is 27.7 Å². The number of nitrogens with zero attached hydrogens (tertiary/aromatic N) is 3. The molecule has 0 fully saturated rings. The molecule has 1 unspecified atom stereocenters. The first-order chi connectivity index (χ1) is 19.3. The zero-order valence-electron chi connectivity index (χ0n) is 22.4. The second kappa shape index (κ2) is 13.7. The fourth-order valence-corrected chi connectivity index (χ4v) is 5.30. The Hall–Kier alpha value is -3.87. The van der Waals surface area contributed by atoms with Crippen LogP contribution in [0.1, 0.15) is 11.1 Å². The smallest absolute Gasteiger partial charge is 0.271 e. The van der Waals surface area contributed by atoms with E-state index in [9.17, 15) is 28.1 Å². The van der Waals surface area contributed by atoms with Gasteiger partial charge in [-0.15, -0.1) is 0 Å². The number of ether oxygens (including phenoxy) is 1. The van der Waals surface area contributed by atoms with Gasteiger partial charge in [0.2, 0.25) is 21.8 Å². The van der Waals surface area contributed by atoms with Crippen LogP contribution in [0, 0.1) is 10.1 Å². The van der Waals surface area contributed by atoms with Gasteiger partial charge in [0, 0.05) is 32.1 Å². The zero-order valence-corrected chi connectivity index (χ0v) is 24.7. The molecule has 0 aliphatic heterocycles. The third kappa shape index (κ3) is 8.09. The van der Waals surface area contributed by atoms with E-state index in [2.05, 4.69) is 5.32 Å². The van der Waals surface area contributed by atoms with Gasteiger partial charge in [0.15, 0.2) is 0 Å². The van der Waals surface area contributed by atoms with Crippen LogP contribution >= 0.6 is 23.2 Å². The first kappa shape index (κ1) is 31.7. The molecule has 0 saturated heterocycles. The lowest BCUT2D eigenvalue weighted by atomic mass is 10.0. The Kier molecular flexibility index (Phi) is 10.5. The molecule has 0 saturated carbocycles. The Bertz CT molecular complexity index is 1540. The van der Waals surface area contributed by atoms with E-state index < -0.39 is 45.0 Å². The van der Waals surface area contributed by atoms with Crippen molar-refractivity contribution in [3.63, 3.8) is 0 Å². The van der Waals surface area contributed by atoms with Crippen molar-refractivity contribution in [2.75, 3.05) is 31.3 Å². The van der Waals surface area contributed by atoms with Crippen LogP contribution in [0.15, 0.2) is 66.7 Å². The molecule has 0 aliphatic carbocycles. The molecule has 0 bridgehead atoms. The average Bonchev–Trinajstić information content (AvgIpc) is 2.94. The molecule has 3 aromatic rings. The molecular formula is C27H28Cl2N4O7S. The zero-order chi connectivity index (χ0) is 30.3. The quantitative estimate of drug-likeness (QED) is 0.237. The summed E-state index contributed by atoms with van der Waals surface area (Å²) >= 11 is 12.3. The molecule has 11 nitrogen and oxygen atoms in total. The first-order valence-corrected chi connectivity index (χ1v) is 14.7. The van der Waals surface area contributed by atoms with Gasteiger partial charge in [-0.3, -0.25) is 24.0 Å². The lowest BCUT2D eigenvalue weighted by Crippen LogP contribution is -2.52. The van der Waals surface area contributed by atoms with Gasteiger partial charge in [0.1, 0.15) is 24.0 Å². The van der Waals surface area contributed by atoms with Crippen LogP contribution in [0.25, 0.3) is 0 Å². The van der Waals surface area contributed by atoms with E-state index in [1.807, 2.05) is 6.07 Å². The molecule has 3 aromatic carbocycles. The summed E-state index contributed by atoms with van der Waals surface area (Å²) in [6.45, 7) is -0.899. The molecule has 0 aromatic heterocycles. The summed E-state index contributed by atoms with van der Waals surface area (Å²) < 4.78 is 31.9. The molecule has 3 rings (SSSR count). The molecule has 0 spiro atoms. The predicted molar refractivity (Wildman–Crippen MR) is 157 cm³/mol. The van der Waals surface area contributed by atoms with Crippen LogP contribution in [-0.2, 0) is 32.6 Å². The summed E-state index contributed by atoms with van der Waals surface area (Å²) in [4.78, 5) is 39.2. The maximum atomic E-state index is 14.0. The van der Waals surface area contributed by atoms with Crippen LogP contribution < -0.4 is 14.4 Å². The SMILES string of the molecule is CNC(=O)C(Cc1ccccc1)N(Cc1ccc(Cl)c(Cl)c1)C(=O)CN(c1cc([N+](=O)[O-])ccc1OC)S(C)(=O)=O. The number of hydrogen-bond acceptors (Lipinski definition) is 7. The highest BCUT2D eigenvalue weighted by Crippen LogP contribution is 2.34. The summed E-state index contributed by atoms with van der Waals surface area (Å²) in [5.41, 5.74) is 0.690. The van der Waals surface area contributed by atoms with Gasteiger partial charge in [-0.25, -0.2) is 8.42 Å². The highest BCUT2D eigenvalue weighted by atomic mass is 35.5. The number of rotatable bonds is 12. The van der Waals surface area contributed by atoms with Crippen molar-refractivity contribution in [3.05, 3.63) is 98.0 Å². The number of methoxy groups -OCH3 is 1. The molecule has 41 heavy (non-hydrogen) atoms. The number of likely N-dealkylation sites (N-methyl/N-ethyl adjacent to an activating group) is 1. The number of sulfonamides is 1. The minimum atomic E-state index is -4.17. The van der Waals surface area contributed by atoms with Gasteiger partial charge in [-0.2, -0.15) is 0 Å². The first-order valence-electron chi connectivity index (χ1n) is 12.1. The molecular weight excluding hydrogens is 595 g/mol. The number of anilines is 1. The van der Waals surface area contributed by atoms with Crippen molar-refractivity contribution in [1.82, 2.24) is 10.2 Å².